The monoisotopic (exact) mass is 333 g/mol. The van der Waals surface area contributed by atoms with E-state index in [9.17, 15) is 22.5 Å². The third kappa shape index (κ3) is 4.38. The summed E-state index contributed by atoms with van der Waals surface area (Å²) in [7, 11) is -1.30. The lowest BCUT2D eigenvalue weighted by Gasteiger charge is -2.11. The van der Waals surface area contributed by atoms with E-state index in [4.69, 9.17) is 0 Å². The molecule has 0 amide bonds. The molecule has 120 valence electrons. The smallest absolute Gasteiger partial charge is 0.391 e. The Morgan fingerprint density at radius 3 is 2.45 bits per heavy atom. The lowest BCUT2D eigenvalue weighted by Crippen LogP contribution is -2.19. The predicted octanol–water partition coefficient (Wildman–Crippen LogP) is 1.64. The van der Waals surface area contributed by atoms with Gasteiger partial charge in [0.05, 0.1) is 29.0 Å². The number of aliphatic hydroxyl groups is 1. The number of benzene rings is 1. The minimum Gasteiger partial charge on any atom is -0.391 e. The summed E-state index contributed by atoms with van der Waals surface area (Å²) in [6, 6.07) is 4.63. The predicted molar refractivity (Wildman–Crippen MR) is 73.5 cm³/mol. The Bertz CT molecular complexity index is 655. The zero-order chi connectivity index (χ0) is 16.3. The molecular weight excluding hydrogens is 319 g/mol. The van der Waals surface area contributed by atoms with Gasteiger partial charge in [-0.15, -0.1) is 5.10 Å². The number of aromatic nitrogens is 3. The lowest BCUT2D eigenvalue weighted by atomic mass is 10.1. The molecule has 0 radical (unpaired) electrons. The number of nitrogens with zero attached hydrogens (tertiary/aromatic N) is 3. The largest absolute Gasteiger partial charge is 0.416 e. The maximum absolute atomic E-state index is 12.4. The molecule has 1 N–H and O–H groups in total. The topological polar surface area (TPSA) is 68.0 Å². The molecule has 2 aromatic rings. The van der Waals surface area contributed by atoms with Gasteiger partial charge in [0.15, 0.2) is 0 Å². The van der Waals surface area contributed by atoms with Gasteiger partial charge in [0, 0.05) is 12.7 Å². The molecule has 0 saturated carbocycles. The van der Waals surface area contributed by atoms with Crippen LogP contribution in [0, 0.1) is 0 Å². The summed E-state index contributed by atoms with van der Waals surface area (Å²) >= 11 is 0. The molecule has 9 heteroatoms. The first-order chi connectivity index (χ1) is 10.3. The van der Waals surface area contributed by atoms with Gasteiger partial charge in [-0.2, -0.15) is 13.2 Å². The van der Waals surface area contributed by atoms with Gasteiger partial charge in [0.25, 0.3) is 0 Å². The molecule has 0 aliphatic heterocycles. The van der Waals surface area contributed by atoms with Crippen molar-refractivity contribution in [1.82, 2.24) is 14.8 Å². The summed E-state index contributed by atoms with van der Waals surface area (Å²) < 4.78 is 49.9. The lowest BCUT2D eigenvalue weighted by molar-refractivity contribution is -0.137. The molecule has 0 aliphatic carbocycles. The minimum atomic E-state index is -4.37. The number of halogens is 3. The summed E-state index contributed by atoms with van der Waals surface area (Å²) in [5.74, 6) is 0. The first-order valence-corrected chi connectivity index (χ1v) is 7.88. The highest BCUT2D eigenvalue weighted by Crippen LogP contribution is 2.29. The van der Waals surface area contributed by atoms with Crippen LogP contribution in [-0.4, -0.2) is 36.4 Å². The fourth-order valence-electron chi connectivity index (χ4n) is 1.88. The SMILES string of the molecule is CS(=O)c1ncn(CC(O)Cc2ccc(C(F)(F)F)cc2)n1. The number of hydrogen-bond acceptors (Lipinski definition) is 4. The molecule has 0 fully saturated rings. The second kappa shape index (κ2) is 6.57. The second-order valence-corrected chi connectivity index (χ2v) is 6.03. The van der Waals surface area contributed by atoms with Crippen molar-refractivity contribution in [3.8, 4) is 0 Å². The van der Waals surface area contributed by atoms with E-state index in [0.29, 0.717) is 5.56 Å². The van der Waals surface area contributed by atoms with Crippen molar-refractivity contribution < 1.29 is 22.5 Å². The van der Waals surface area contributed by atoms with Gasteiger partial charge < -0.3 is 5.11 Å². The Kier molecular flexibility index (Phi) is 4.97. The van der Waals surface area contributed by atoms with E-state index < -0.39 is 28.6 Å². The normalized spacial score (nSPS) is 14.8. The van der Waals surface area contributed by atoms with Crippen molar-refractivity contribution in [2.45, 2.75) is 30.4 Å². The van der Waals surface area contributed by atoms with Gasteiger partial charge in [-0.05, 0) is 17.7 Å². The maximum atomic E-state index is 12.4. The molecule has 0 saturated heterocycles. The zero-order valence-corrected chi connectivity index (χ0v) is 12.4. The number of hydrogen-bond donors (Lipinski definition) is 1. The summed E-state index contributed by atoms with van der Waals surface area (Å²) in [6.45, 7) is 0.116. The van der Waals surface area contributed by atoms with Gasteiger partial charge in [-0.25, -0.2) is 9.67 Å². The molecule has 0 bridgehead atoms. The van der Waals surface area contributed by atoms with E-state index in [1.165, 1.54) is 29.4 Å². The van der Waals surface area contributed by atoms with Crippen LogP contribution in [0.5, 0.6) is 0 Å². The molecular formula is C13H14F3N3O2S. The first kappa shape index (κ1) is 16.6. The quantitative estimate of drug-likeness (QED) is 0.903. The van der Waals surface area contributed by atoms with E-state index in [1.54, 1.807) is 0 Å². The van der Waals surface area contributed by atoms with E-state index in [2.05, 4.69) is 10.1 Å². The van der Waals surface area contributed by atoms with Crippen LogP contribution in [0.15, 0.2) is 35.7 Å². The molecule has 5 nitrogen and oxygen atoms in total. The van der Waals surface area contributed by atoms with Crippen molar-refractivity contribution >= 4 is 10.8 Å². The molecule has 1 aromatic heterocycles. The average molecular weight is 333 g/mol. The molecule has 2 atom stereocenters. The van der Waals surface area contributed by atoms with E-state index in [-0.39, 0.29) is 18.1 Å². The van der Waals surface area contributed by atoms with Crippen LogP contribution in [0.2, 0.25) is 0 Å². The Morgan fingerprint density at radius 2 is 1.95 bits per heavy atom. The second-order valence-electron chi connectivity index (χ2n) is 4.76. The summed E-state index contributed by atoms with van der Waals surface area (Å²) in [4.78, 5) is 3.83. The number of rotatable bonds is 5. The van der Waals surface area contributed by atoms with Gasteiger partial charge in [-0.3, -0.25) is 4.21 Å². The molecule has 1 aromatic carbocycles. The van der Waals surface area contributed by atoms with Crippen LogP contribution in [0.3, 0.4) is 0 Å². The van der Waals surface area contributed by atoms with Crippen LogP contribution in [-0.2, 0) is 29.9 Å². The summed E-state index contributed by atoms with van der Waals surface area (Å²) in [5, 5.41) is 14.0. The maximum Gasteiger partial charge on any atom is 0.416 e. The highest BCUT2D eigenvalue weighted by molar-refractivity contribution is 7.84. The Morgan fingerprint density at radius 1 is 1.32 bits per heavy atom. The van der Waals surface area contributed by atoms with Crippen molar-refractivity contribution in [3.05, 3.63) is 41.7 Å². The molecule has 1 heterocycles. The Balaban J connectivity index is 1.96. The fourth-order valence-corrected chi connectivity index (χ4v) is 2.30. The number of aliphatic hydroxyl groups excluding tert-OH is 1. The van der Waals surface area contributed by atoms with E-state index in [0.717, 1.165) is 12.1 Å². The third-order valence-electron chi connectivity index (χ3n) is 2.92. The third-order valence-corrected chi connectivity index (χ3v) is 3.62. The highest BCUT2D eigenvalue weighted by atomic mass is 32.2. The van der Waals surface area contributed by atoms with E-state index >= 15 is 0 Å². The fraction of sp³-hybridized carbons (Fsp3) is 0.385. The average Bonchev–Trinajstić information content (AvgIpc) is 2.86. The van der Waals surface area contributed by atoms with Crippen LogP contribution in [0.4, 0.5) is 13.2 Å². The van der Waals surface area contributed by atoms with Crippen LogP contribution >= 0.6 is 0 Å². The molecule has 22 heavy (non-hydrogen) atoms. The number of alkyl halides is 3. The zero-order valence-electron chi connectivity index (χ0n) is 11.6. The molecule has 2 rings (SSSR count). The Labute approximate surface area is 127 Å². The standard InChI is InChI=1S/C13H14F3N3O2S/c1-22(21)12-17-8-19(18-12)7-11(20)6-9-2-4-10(5-3-9)13(14,15)16/h2-5,8,11,20H,6-7H2,1H3. The first-order valence-electron chi connectivity index (χ1n) is 6.33. The summed E-state index contributed by atoms with van der Waals surface area (Å²) in [6.07, 6.45) is -2.23. The minimum absolute atomic E-state index is 0.116. The van der Waals surface area contributed by atoms with Crippen molar-refractivity contribution in [3.63, 3.8) is 0 Å². The summed E-state index contributed by atoms with van der Waals surface area (Å²) in [5.41, 5.74) is -0.142. The molecule has 0 aliphatic rings. The van der Waals surface area contributed by atoms with Crippen molar-refractivity contribution in [2.24, 2.45) is 0 Å². The van der Waals surface area contributed by atoms with E-state index in [1.807, 2.05) is 0 Å². The van der Waals surface area contributed by atoms with Crippen molar-refractivity contribution in [2.75, 3.05) is 6.26 Å². The molecule has 2 unspecified atom stereocenters. The highest BCUT2D eigenvalue weighted by Gasteiger charge is 2.29. The van der Waals surface area contributed by atoms with Gasteiger partial charge >= 0.3 is 6.18 Å². The Hall–Kier alpha value is -1.74. The van der Waals surface area contributed by atoms with Crippen LogP contribution in [0.1, 0.15) is 11.1 Å². The van der Waals surface area contributed by atoms with Crippen molar-refractivity contribution in [1.29, 1.82) is 0 Å². The van der Waals surface area contributed by atoms with Crippen LogP contribution in [0.25, 0.3) is 0 Å². The van der Waals surface area contributed by atoms with Gasteiger partial charge in [0.2, 0.25) is 5.16 Å². The molecule has 0 spiro atoms. The van der Waals surface area contributed by atoms with Gasteiger partial charge in [-0.1, -0.05) is 12.1 Å². The van der Waals surface area contributed by atoms with Gasteiger partial charge in [0.1, 0.15) is 6.33 Å². The van der Waals surface area contributed by atoms with Crippen LogP contribution < -0.4 is 0 Å².